The van der Waals surface area contributed by atoms with Gasteiger partial charge >= 0.3 is 5.97 Å². The topological polar surface area (TPSA) is 68.3 Å². The average molecular weight is 298 g/mol. The minimum Gasteiger partial charge on any atom is -0.449 e. The highest BCUT2D eigenvalue weighted by molar-refractivity contribution is 5.97. The molecule has 1 atom stereocenters. The van der Waals surface area contributed by atoms with Gasteiger partial charge in [-0.15, -0.1) is 0 Å². The van der Waals surface area contributed by atoms with Crippen LogP contribution >= 0.6 is 0 Å². The number of carbonyl (C=O) groups excluding carboxylic acids is 2. The van der Waals surface area contributed by atoms with E-state index in [1.54, 1.807) is 0 Å². The summed E-state index contributed by atoms with van der Waals surface area (Å²) in [6.45, 7) is 5.44. The molecule has 0 aliphatic rings. The molecular weight excluding hydrogens is 280 g/mol. The van der Waals surface area contributed by atoms with E-state index in [4.69, 9.17) is 4.74 Å². The average Bonchev–Trinajstić information content (AvgIpc) is 2.50. The van der Waals surface area contributed by atoms with E-state index in [0.717, 1.165) is 11.1 Å². The molecule has 0 spiro atoms. The number of hydrogen-bond donors (Lipinski definition) is 1. The number of carbonyl (C=O) groups is 2. The van der Waals surface area contributed by atoms with Crippen LogP contribution in [0.4, 0.5) is 5.69 Å². The Morgan fingerprint density at radius 2 is 1.82 bits per heavy atom. The van der Waals surface area contributed by atoms with Gasteiger partial charge in [-0.25, -0.2) is 4.79 Å². The summed E-state index contributed by atoms with van der Waals surface area (Å²) in [4.78, 5) is 27.8. The van der Waals surface area contributed by atoms with Crippen molar-refractivity contribution >= 4 is 17.6 Å². The van der Waals surface area contributed by atoms with E-state index in [1.165, 1.54) is 31.5 Å². The number of anilines is 1. The van der Waals surface area contributed by atoms with Crippen molar-refractivity contribution in [2.75, 3.05) is 5.32 Å². The second kappa shape index (κ2) is 6.85. The quantitative estimate of drug-likeness (QED) is 0.881. The molecule has 1 amide bonds. The molecule has 5 nitrogen and oxygen atoms in total. The Bertz CT molecular complexity index is 684. The smallest absolute Gasteiger partial charge is 0.339 e. The standard InChI is InChI=1S/C17H18N2O3/c1-11-4-5-15(12(2)10-11)19-16(20)13(3)22-17(21)14-6-8-18-9-7-14/h4-10,13H,1-3H3,(H,19,20). The van der Waals surface area contributed by atoms with Crippen LogP contribution in [0.1, 0.15) is 28.4 Å². The molecule has 5 heteroatoms. The molecule has 0 aliphatic carbocycles. The normalized spacial score (nSPS) is 11.6. The van der Waals surface area contributed by atoms with Crippen molar-refractivity contribution in [1.29, 1.82) is 0 Å². The van der Waals surface area contributed by atoms with Gasteiger partial charge in [0.05, 0.1) is 5.56 Å². The van der Waals surface area contributed by atoms with Crippen LogP contribution in [0.2, 0.25) is 0 Å². The SMILES string of the molecule is Cc1ccc(NC(=O)C(C)OC(=O)c2ccncc2)c(C)c1. The highest BCUT2D eigenvalue weighted by Gasteiger charge is 2.19. The van der Waals surface area contributed by atoms with Gasteiger partial charge in [0.2, 0.25) is 0 Å². The van der Waals surface area contributed by atoms with Crippen LogP contribution in [0, 0.1) is 13.8 Å². The Morgan fingerprint density at radius 1 is 1.14 bits per heavy atom. The summed E-state index contributed by atoms with van der Waals surface area (Å²) in [6.07, 6.45) is 2.11. The Labute approximate surface area is 129 Å². The summed E-state index contributed by atoms with van der Waals surface area (Å²) in [5, 5.41) is 2.77. The van der Waals surface area contributed by atoms with Crippen LogP contribution in [-0.4, -0.2) is 23.0 Å². The molecule has 1 N–H and O–H groups in total. The molecule has 1 heterocycles. The lowest BCUT2D eigenvalue weighted by Gasteiger charge is -2.15. The lowest BCUT2D eigenvalue weighted by molar-refractivity contribution is -0.123. The lowest BCUT2D eigenvalue weighted by Crippen LogP contribution is -2.30. The van der Waals surface area contributed by atoms with Crippen LogP contribution in [0.3, 0.4) is 0 Å². The first-order valence-electron chi connectivity index (χ1n) is 6.96. The zero-order valence-electron chi connectivity index (χ0n) is 12.8. The predicted molar refractivity (Wildman–Crippen MR) is 83.7 cm³/mol. The molecule has 1 unspecified atom stereocenters. The van der Waals surface area contributed by atoms with Gasteiger partial charge < -0.3 is 10.1 Å². The van der Waals surface area contributed by atoms with Crippen molar-refractivity contribution in [2.24, 2.45) is 0 Å². The molecule has 0 fully saturated rings. The van der Waals surface area contributed by atoms with Crippen LogP contribution < -0.4 is 5.32 Å². The fourth-order valence-corrected chi connectivity index (χ4v) is 1.96. The highest BCUT2D eigenvalue weighted by Crippen LogP contribution is 2.16. The number of hydrogen-bond acceptors (Lipinski definition) is 4. The number of rotatable bonds is 4. The van der Waals surface area contributed by atoms with E-state index in [9.17, 15) is 9.59 Å². The fraction of sp³-hybridized carbons (Fsp3) is 0.235. The number of benzene rings is 1. The van der Waals surface area contributed by atoms with Gasteiger partial charge in [0, 0.05) is 18.1 Å². The monoisotopic (exact) mass is 298 g/mol. The summed E-state index contributed by atoms with van der Waals surface area (Å²) in [5.41, 5.74) is 3.15. The Morgan fingerprint density at radius 3 is 2.45 bits per heavy atom. The molecule has 2 aromatic rings. The van der Waals surface area contributed by atoms with Crippen LogP contribution in [0.5, 0.6) is 0 Å². The first-order valence-corrected chi connectivity index (χ1v) is 6.96. The Hall–Kier alpha value is -2.69. The van der Waals surface area contributed by atoms with Crippen molar-refractivity contribution in [3.63, 3.8) is 0 Å². The highest BCUT2D eigenvalue weighted by atomic mass is 16.5. The first-order chi connectivity index (χ1) is 10.5. The van der Waals surface area contributed by atoms with Crippen molar-refractivity contribution in [2.45, 2.75) is 26.9 Å². The maximum atomic E-state index is 12.1. The number of pyridine rings is 1. The first kappa shape index (κ1) is 15.7. The molecule has 22 heavy (non-hydrogen) atoms. The fourth-order valence-electron chi connectivity index (χ4n) is 1.96. The second-order valence-electron chi connectivity index (χ2n) is 5.09. The molecule has 0 aliphatic heterocycles. The van der Waals surface area contributed by atoms with Crippen LogP contribution in [0.25, 0.3) is 0 Å². The number of ether oxygens (including phenoxy) is 1. The third-order valence-electron chi connectivity index (χ3n) is 3.21. The predicted octanol–water partition coefficient (Wildman–Crippen LogP) is 2.88. The number of amides is 1. The number of aryl methyl sites for hydroxylation is 2. The van der Waals surface area contributed by atoms with E-state index in [0.29, 0.717) is 11.3 Å². The maximum Gasteiger partial charge on any atom is 0.339 e. The summed E-state index contributed by atoms with van der Waals surface area (Å²) in [6, 6.07) is 8.80. The molecule has 1 aromatic carbocycles. The van der Waals surface area contributed by atoms with Gasteiger partial charge in [0.1, 0.15) is 0 Å². The van der Waals surface area contributed by atoms with E-state index in [1.807, 2.05) is 32.0 Å². The number of aromatic nitrogens is 1. The molecule has 0 saturated carbocycles. The maximum absolute atomic E-state index is 12.1. The number of nitrogens with zero attached hydrogens (tertiary/aromatic N) is 1. The summed E-state index contributed by atoms with van der Waals surface area (Å²) in [7, 11) is 0. The number of nitrogens with one attached hydrogen (secondary N) is 1. The van der Waals surface area contributed by atoms with Crippen LogP contribution in [0.15, 0.2) is 42.7 Å². The van der Waals surface area contributed by atoms with Crippen molar-refractivity contribution < 1.29 is 14.3 Å². The van der Waals surface area contributed by atoms with Crippen molar-refractivity contribution in [1.82, 2.24) is 4.98 Å². The van der Waals surface area contributed by atoms with E-state index < -0.39 is 12.1 Å². The van der Waals surface area contributed by atoms with Gasteiger partial charge in [-0.05, 0) is 44.5 Å². The van der Waals surface area contributed by atoms with Gasteiger partial charge in [0.15, 0.2) is 6.10 Å². The van der Waals surface area contributed by atoms with E-state index in [-0.39, 0.29) is 5.91 Å². The van der Waals surface area contributed by atoms with Gasteiger partial charge in [-0.3, -0.25) is 9.78 Å². The third-order valence-corrected chi connectivity index (χ3v) is 3.21. The minimum absolute atomic E-state index is 0.362. The molecule has 2 rings (SSSR count). The molecule has 114 valence electrons. The second-order valence-corrected chi connectivity index (χ2v) is 5.09. The Kier molecular flexibility index (Phi) is 4.88. The summed E-state index contributed by atoms with van der Waals surface area (Å²) < 4.78 is 5.16. The molecule has 1 aromatic heterocycles. The van der Waals surface area contributed by atoms with Crippen LogP contribution in [-0.2, 0) is 9.53 Å². The molecule has 0 radical (unpaired) electrons. The molecule has 0 bridgehead atoms. The van der Waals surface area contributed by atoms with Gasteiger partial charge in [-0.1, -0.05) is 17.7 Å². The summed E-state index contributed by atoms with van der Waals surface area (Å²) >= 11 is 0. The zero-order valence-corrected chi connectivity index (χ0v) is 12.8. The van der Waals surface area contributed by atoms with Crippen molar-refractivity contribution in [3.8, 4) is 0 Å². The van der Waals surface area contributed by atoms with E-state index in [2.05, 4.69) is 10.3 Å². The largest absolute Gasteiger partial charge is 0.449 e. The molecule has 0 saturated heterocycles. The lowest BCUT2D eigenvalue weighted by atomic mass is 10.1. The van der Waals surface area contributed by atoms with E-state index >= 15 is 0 Å². The Balaban J connectivity index is 1.99. The minimum atomic E-state index is -0.888. The zero-order chi connectivity index (χ0) is 16.1. The third kappa shape index (κ3) is 3.91. The van der Waals surface area contributed by atoms with Gasteiger partial charge in [0.25, 0.3) is 5.91 Å². The molecular formula is C17H18N2O3. The van der Waals surface area contributed by atoms with Crippen molar-refractivity contribution in [3.05, 3.63) is 59.4 Å². The van der Waals surface area contributed by atoms with Gasteiger partial charge in [-0.2, -0.15) is 0 Å². The number of esters is 1. The summed E-state index contributed by atoms with van der Waals surface area (Å²) in [5.74, 6) is -0.917.